The highest BCUT2D eigenvalue weighted by molar-refractivity contribution is 5.98. The monoisotopic (exact) mass is 372 g/mol. The molecule has 0 atom stereocenters. The first-order chi connectivity index (χ1) is 13.6. The van der Waals surface area contributed by atoms with Crippen LogP contribution in [-0.4, -0.2) is 26.8 Å². The molecule has 0 aliphatic carbocycles. The fourth-order valence-corrected chi connectivity index (χ4v) is 3.53. The molecule has 4 rings (SSSR count). The van der Waals surface area contributed by atoms with Crippen LogP contribution in [0, 0.1) is 6.92 Å². The Morgan fingerprint density at radius 1 is 1.07 bits per heavy atom. The van der Waals surface area contributed by atoms with Crippen molar-refractivity contribution in [2.45, 2.75) is 19.8 Å². The molecule has 0 unspecified atom stereocenters. The lowest BCUT2D eigenvalue weighted by Crippen LogP contribution is -2.26. The van der Waals surface area contributed by atoms with Crippen molar-refractivity contribution in [3.63, 3.8) is 0 Å². The van der Waals surface area contributed by atoms with E-state index >= 15 is 0 Å². The molecule has 1 N–H and O–H groups in total. The van der Waals surface area contributed by atoms with E-state index in [1.165, 1.54) is 5.56 Å². The average molecular weight is 372 g/mol. The molecule has 0 bridgehead atoms. The Hall–Kier alpha value is -3.34. The van der Waals surface area contributed by atoms with E-state index in [1.54, 1.807) is 0 Å². The Kier molecular flexibility index (Phi) is 4.98. The zero-order chi connectivity index (χ0) is 19.5. The first-order valence-corrected chi connectivity index (χ1v) is 9.57. The average Bonchev–Trinajstić information content (AvgIpc) is 3.26. The molecule has 0 fully saturated rings. The summed E-state index contributed by atoms with van der Waals surface area (Å²) in [5.74, 6) is -0.0320. The zero-order valence-corrected chi connectivity index (χ0v) is 16.2. The van der Waals surface area contributed by atoms with E-state index in [1.807, 2.05) is 83.9 Å². The second kappa shape index (κ2) is 7.72. The number of fused-ring (bicyclic) bond motifs is 1. The van der Waals surface area contributed by atoms with E-state index in [-0.39, 0.29) is 5.91 Å². The number of carbonyl (C=O) groups is 1. The summed E-state index contributed by atoms with van der Waals surface area (Å²) in [6, 6.07) is 20.1. The molecule has 0 saturated heterocycles. The molecule has 0 radical (unpaired) electrons. The predicted molar refractivity (Wildman–Crippen MR) is 112 cm³/mol. The van der Waals surface area contributed by atoms with Crippen molar-refractivity contribution in [2.75, 3.05) is 6.54 Å². The first-order valence-electron chi connectivity index (χ1n) is 9.57. The Bertz CT molecular complexity index is 1110. The van der Waals surface area contributed by atoms with Gasteiger partial charge in [0.1, 0.15) is 5.69 Å². The minimum atomic E-state index is -0.0320. The largest absolute Gasteiger partial charge is 0.351 e. The fraction of sp³-hybridized carbons (Fsp3) is 0.217. The number of aromatic nitrogens is 3. The van der Waals surface area contributed by atoms with Gasteiger partial charge in [-0.1, -0.05) is 36.4 Å². The van der Waals surface area contributed by atoms with Crippen LogP contribution in [0.15, 0.2) is 66.9 Å². The van der Waals surface area contributed by atoms with Gasteiger partial charge < -0.3 is 9.88 Å². The molecule has 28 heavy (non-hydrogen) atoms. The van der Waals surface area contributed by atoms with Crippen LogP contribution in [0.3, 0.4) is 0 Å². The molecular formula is C23H24N4O. The van der Waals surface area contributed by atoms with E-state index in [0.717, 1.165) is 35.1 Å². The highest BCUT2D eigenvalue weighted by Crippen LogP contribution is 2.18. The quantitative estimate of drug-likeness (QED) is 0.520. The molecule has 0 aliphatic rings. The molecule has 1 amide bonds. The minimum absolute atomic E-state index is 0.0320. The summed E-state index contributed by atoms with van der Waals surface area (Å²) in [6.45, 7) is 2.67. The number of benzene rings is 2. The van der Waals surface area contributed by atoms with E-state index in [4.69, 9.17) is 0 Å². The van der Waals surface area contributed by atoms with Crippen LogP contribution in [0.5, 0.6) is 0 Å². The van der Waals surface area contributed by atoms with Crippen molar-refractivity contribution in [1.29, 1.82) is 0 Å². The highest BCUT2D eigenvalue weighted by atomic mass is 16.1. The molecule has 5 nitrogen and oxygen atoms in total. The minimum Gasteiger partial charge on any atom is -0.351 e. The summed E-state index contributed by atoms with van der Waals surface area (Å²) in [4.78, 5) is 12.6. The lowest BCUT2D eigenvalue weighted by atomic mass is 10.1. The predicted octanol–water partition coefficient (Wildman–Crippen LogP) is 4.04. The van der Waals surface area contributed by atoms with Crippen molar-refractivity contribution in [2.24, 2.45) is 7.05 Å². The normalized spacial score (nSPS) is 11.1. The topological polar surface area (TPSA) is 51.9 Å². The fourth-order valence-electron chi connectivity index (χ4n) is 3.53. The number of hydrogen-bond donors (Lipinski definition) is 1. The Balaban J connectivity index is 1.35. The maximum absolute atomic E-state index is 12.6. The number of para-hydroxylation sites is 2. The van der Waals surface area contributed by atoms with E-state index in [2.05, 4.69) is 16.6 Å². The summed E-state index contributed by atoms with van der Waals surface area (Å²) >= 11 is 0. The van der Waals surface area contributed by atoms with Gasteiger partial charge in [0.25, 0.3) is 5.91 Å². The van der Waals surface area contributed by atoms with Gasteiger partial charge in [-0.3, -0.25) is 4.79 Å². The maximum atomic E-state index is 12.6. The van der Waals surface area contributed by atoms with Crippen LogP contribution < -0.4 is 5.32 Å². The van der Waals surface area contributed by atoms with Crippen molar-refractivity contribution < 1.29 is 4.79 Å². The Morgan fingerprint density at radius 2 is 1.82 bits per heavy atom. The smallest absolute Gasteiger partial charge is 0.267 e. The van der Waals surface area contributed by atoms with Gasteiger partial charge in [0, 0.05) is 30.7 Å². The third-order valence-electron chi connectivity index (χ3n) is 5.11. The van der Waals surface area contributed by atoms with Gasteiger partial charge in [-0.15, -0.1) is 0 Å². The number of nitrogens with one attached hydrogen (secondary N) is 1. The number of rotatable bonds is 6. The number of carbonyl (C=O) groups excluding carboxylic acids is 1. The standard InChI is InChI=1S/C23H24N4O/c1-17-19(16-27(25-17)20-11-4-3-5-12-20)10-8-14-24-23(28)22-15-18-9-6-7-13-21(18)26(22)2/h3-7,9,11-13,15-16H,8,10,14H2,1-2H3,(H,24,28). The molecule has 2 heterocycles. The van der Waals surface area contributed by atoms with Gasteiger partial charge in [-0.2, -0.15) is 5.10 Å². The maximum Gasteiger partial charge on any atom is 0.267 e. The molecular weight excluding hydrogens is 348 g/mol. The number of amides is 1. The van der Waals surface area contributed by atoms with E-state index in [9.17, 15) is 4.79 Å². The first kappa shape index (κ1) is 18.0. The Labute approximate surface area is 164 Å². The summed E-state index contributed by atoms with van der Waals surface area (Å²) < 4.78 is 3.86. The third kappa shape index (κ3) is 3.56. The van der Waals surface area contributed by atoms with Crippen molar-refractivity contribution in [1.82, 2.24) is 19.7 Å². The molecule has 0 spiro atoms. The van der Waals surface area contributed by atoms with Gasteiger partial charge >= 0.3 is 0 Å². The Morgan fingerprint density at radius 3 is 2.61 bits per heavy atom. The van der Waals surface area contributed by atoms with Crippen molar-refractivity contribution in [3.8, 4) is 5.69 Å². The molecule has 5 heteroatoms. The molecule has 4 aromatic rings. The van der Waals surface area contributed by atoms with Gasteiger partial charge in [0.15, 0.2) is 0 Å². The second-order valence-electron chi connectivity index (χ2n) is 7.03. The van der Waals surface area contributed by atoms with Gasteiger partial charge in [0.05, 0.1) is 11.4 Å². The van der Waals surface area contributed by atoms with Crippen LogP contribution in [0.4, 0.5) is 0 Å². The number of nitrogens with zero attached hydrogens (tertiary/aromatic N) is 3. The zero-order valence-electron chi connectivity index (χ0n) is 16.2. The molecule has 2 aromatic carbocycles. The third-order valence-corrected chi connectivity index (χ3v) is 5.11. The molecule has 0 saturated carbocycles. The van der Waals surface area contributed by atoms with Crippen LogP contribution in [-0.2, 0) is 13.5 Å². The van der Waals surface area contributed by atoms with Gasteiger partial charge in [-0.05, 0) is 49.6 Å². The van der Waals surface area contributed by atoms with Crippen LogP contribution in [0.2, 0.25) is 0 Å². The van der Waals surface area contributed by atoms with Crippen LogP contribution >= 0.6 is 0 Å². The highest BCUT2D eigenvalue weighted by Gasteiger charge is 2.13. The molecule has 0 aliphatic heterocycles. The molecule has 142 valence electrons. The van der Waals surface area contributed by atoms with Crippen molar-refractivity contribution in [3.05, 3.63) is 83.8 Å². The summed E-state index contributed by atoms with van der Waals surface area (Å²) in [5.41, 5.74) is 5.05. The van der Waals surface area contributed by atoms with Crippen molar-refractivity contribution >= 4 is 16.8 Å². The number of aryl methyl sites for hydroxylation is 3. The van der Waals surface area contributed by atoms with Gasteiger partial charge in [-0.25, -0.2) is 4.68 Å². The SMILES string of the molecule is Cc1nn(-c2ccccc2)cc1CCCNC(=O)c1cc2ccccc2n1C. The van der Waals surface area contributed by atoms with Crippen LogP contribution in [0.25, 0.3) is 16.6 Å². The second-order valence-corrected chi connectivity index (χ2v) is 7.03. The summed E-state index contributed by atoms with van der Waals surface area (Å²) in [7, 11) is 1.93. The number of hydrogen-bond acceptors (Lipinski definition) is 2. The van der Waals surface area contributed by atoms with E-state index < -0.39 is 0 Å². The summed E-state index contributed by atoms with van der Waals surface area (Å²) in [5, 5.41) is 8.73. The summed E-state index contributed by atoms with van der Waals surface area (Å²) in [6.07, 6.45) is 3.83. The van der Waals surface area contributed by atoms with Crippen LogP contribution in [0.1, 0.15) is 28.2 Å². The van der Waals surface area contributed by atoms with E-state index in [0.29, 0.717) is 12.2 Å². The van der Waals surface area contributed by atoms with Gasteiger partial charge in [0.2, 0.25) is 0 Å². The lowest BCUT2D eigenvalue weighted by Gasteiger charge is -2.06. The lowest BCUT2D eigenvalue weighted by molar-refractivity contribution is 0.0945. The molecule has 2 aromatic heterocycles.